The average molecular weight is 326 g/mol. The molecule has 5 heteroatoms. The Bertz CT molecular complexity index is 827. The van der Waals surface area contributed by atoms with Crippen LogP contribution in [0.4, 0.5) is 0 Å². The quantitative estimate of drug-likeness (QED) is 0.770. The summed E-state index contributed by atoms with van der Waals surface area (Å²) < 4.78 is 6.79. The molecule has 0 bridgehead atoms. The third kappa shape index (κ3) is 3.51. The van der Waals surface area contributed by atoms with E-state index in [2.05, 4.69) is 10.3 Å². The number of pyridine rings is 1. The van der Waals surface area contributed by atoms with Crippen LogP contribution < -0.4 is 10.1 Å². The third-order valence-electron chi connectivity index (χ3n) is 3.36. The molecule has 0 radical (unpaired) electrons. The summed E-state index contributed by atoms with van der Waals surface area (Å²) in [7, 11) is 0. The summed E-state index contributed by atoms with van der Waals surface area (Å²) in [6, 6.07) is 11.7. The largest absolute Gasteiger partial charge is 0.475 e. The van der Waals surface area contributed by atoms with E-state index in [0.717, 1.165) is 15.6 Å². The van der Waals surface area contributed by atoms with Crippen molar-refractivity contribution in [2.24, 2.45) is 0 Å². The van der Waals surface area contributed by atoms with Crippen molar-refractivity contribution in [1.82, 2.24) is 10.3 Å². The van der Waals surface area contributed by atoms with Crippen molar-refractivity contribution in [2.45, 2.75) is 26.5 Å². The van der Waals surface area contributed by atoms with Gasteiger partial charge < -0.3 is 10.1 Å². The van der Waals surface area contributed by atoms with Crippen molar-refractivity contribution < 1.29 is 9.53 Å². The molecule has 0 saturated heterocycles. The van der Waals surface area contributed by atoms with E-state index in [9.17, 15) is 4.79 Å². The van der Waals surface area contributed by atoms with Crippen LogP contribution in [0.5, 0.6) is 5.88 Å². The molecule has 0 atom stereocenters. The zero-order valence-corrected chi connectivity index (χ0v) is 13.9. The minimum Gasteiger partial charge on any atom is -0.475 e. The number of fused-ring (bicyclic) bond motifs is 1. The van der Waals surface area contributed by atoms with Crippen LogP contribution >= 0.6 is 11.3 Å². The van der Waals surface area contributed by atoms with Gasteiger partial charge in [-0.05, 0) is 26.0 Å². The van der Waals surface area contributed by atoms with Crippen molar-refractivity contribution in [3.63, 3.8) is 0 Å². The van der Waals surface area contributed by atoms with Gasteiger partial charge in [0.1, 0.15) is 0 Å². The third-order valence-corrected chi connectivity index (χ3v) is 4.33. The molecule has 23 heavy (non-hydrogen) atoms. The molecule has 0 aliphatic carbocycles. The molecular formula is C18H18N2O2S. The molecule has 2 heterocycles. The van der Waals surface area contributed by atoms with Crippen LogP contribution in [0.3, 0.4) is 0 Å². The number of carbonyl (C=O) groups excluding carboxylic acids is 1. The molecule has 118 valence electrons. The van der Waals surface area contributed by atoms with Gasteiger partial charge in [-0.1, -0.05) is 24.3 Å². The second-order valence-corrected chi connectivity index (χ2v) is 6.37. The number of hydrogen-bond donors (Lipinski definition) is 1. The maximum absolute atomic E-state index is 12.5. The Morgan fingerprint density at radius 2 is 2.09 bits per heavy atom. The Morgan fingerprint density at radius 3 is 2.91 bits per heavy atom. The summed E-state index contributed by atoms with van der Waals surface area (Å²) in [4.78, 5) is 16.7. The Morgan fingerprint density at radius 1 is 1.26 bits per heavy atom. The van der Waals surface area contributed by atoms with Crippen LogP contribution in [0.15, 0.2) is 48.0 Å². The number of nitrogens with one attached hydrogen (secondary N) is 1. The molecule has 0 spiro atoms. The summed E-state index contributed by atoms with van der Waals surface area (Å²) in [6.45, 7) is 4.29. The molecule has 0 fully saturated rings. The molecule has 3 aromatic rings. The van der Waals surface area contributed by atoms with Crippen molar-refractivity contribution in [3.05, 3.63) is 59.1 Å². The second-order valence-electron chi connectivity index (χ2n) is 5.46. The van der Waals surface area contributed by atoms with Crippen molar-refractivity contribution >= 4 is 27.3 Å². The first-order valence-corrected chi connectivity index (χ1v) is 8.38. The van der Waals surface area contributed by atoms with E-state index in [0.29, 0.717) is 18.0 Å². The summed E-state index contributed by atoms with van der Waals surface area (Å²) in [5.41, 5.74) is 1.58. The number of amides is 1. The van der Waals surface area contributed by atoms with Gasteiger partial charge in [0.05, 0.1) is 11.7 Å². The summed E-state index contributed by atoms with van der Waals surface area (Å²) >= 11 is 1.58. The lowest BCUT2D eigenvalue weighted by Gasteiger charge is -2.13. The fraction of sp³-hybridized carbons (Fsp3) is 0.222. The number of nitrogens with zero attached hydrogens (tertiary/aromatic N) is 1. The SMILES string of the molecule is CC(C)Oc1ncccc1CNC(=O)c1csc2ccccc12. The molecular weight excluding hydrogens is 308 g/mol. The van der Waals surface area contributed by atoms with Gasteiger partial charge in [-0.2, -0.15) is 0 Å². The first kappa shape index (κ1) is 15.5. The maximum atomic E-state index is 12.5. The fourth-order valence-electron chi connectivity index (χ4n) is 2.31. The van der Waals surface area contributed by atoms with Gasteiger partial charge in [0.2, 0.25) is 5.88 Å². The van der Waals surface area contributed by atoms with Gasteiger partial charge in [0.15, 0.2) is 0 Å². The molecule has 3 rings (SSSR count). The molecule has 0 saturated carbocycles. The lowest BCUT2D eigenvalue weighted by atomic mass is 10.1. The summed E-state index contributed by atoms with van der Waals surface area (Å²) in [5, 5.41) is 5.84. The number of hydrogen-bond acceptors (Lipinski definition) is 4. The van der Waals surface area contributed by atoms with Gasteiger partial charge >= 0.3 is 0 Å². The van der Waals surface area contributed by atoms with Crippen LogP contribution in [-0.4, -0.2) is 17.0 Å². The molecule has 0 aliphatic heterocycles. The second kappa shape index (κ2) is 6.79. The number of rotatable bonds is 5. The minimum absolute atomic E-state index is 0.0418. The molecule has 0 aliphatic rings. The van der Waals surface area contributed by atoms with Crippen molar-refractivity contribution in [3.8, 4) is 5.88 Å². The van der Waals surface area contributed by atoms with Crippen LogP contribution in [0.2, 0.25) is 0 Å². The average Bonchev–Trinajstić information content (AvgIpc) is 2.97. The highest BCUT2D eigenvalue weighted by Crippen LogP contribution is 2.25. The van der Waals surface area contributed by atoms with Crippen molar-refractivity contribution in [2.75, 3.05) is 0 Å². The predicted molar refractivity (Wildman–Crippen MR) is 93.0 cm³/mol. The Hall–Kier alpha value is -2.40. The van der Waals surface area contributed by atoms with E-state index in [1.807, 2.05) is 55.6 Å². The van der Waals surface area contributed by atoms with Gasteiger partial charge in [-0.25, -0.2) is 4.98 Å². The molecule has 1 N–H and O–H groups in total. The highest BCUT2D eigenvalue weighted by atomic mass is 32.1. The highest BCUT2D eigenvalue weighted by molar-refractivity contribution is 7.17. The number of thiophene rings is 1. The maximum Gasteiger partial charge on any atom is 0.253 e. The first-order valence-electron chi connectivity index (χ1n) is 7.50. The van der Waals surface area contributed by atoms with Gasteiger partial charge in [-0.3, -0.25) is 4.79 Å². The zero-order chi connectivity index (χ0) is 16.2. The first-order chi connectivity index (χ1) is 11.1. The molecule has 0 unspecified atom stereocenters. The van der Waals surface area contributed by atoms with E-state index < -0.39 is 0 Å². The van der Waals surface area contributed by atoms with Gasteiger partial charge in [0.25, 0.3) is 5.91 Å². The molecule has 1 aromatic carbocycles. The summed E-state index contributed by atoms with van der Waals surface area (Å²) in [5.74, 6) is 0.486. The summed E-state index contributed by atoms with van der Waals surface area (Å²) in [6.07, 6.45) is 1.73. The standard InChI is InChI=1S/C18H18N2O2S/c1-12(2)22-18-13(6-5-9-19-18)10-20-17(21)15-11-23-16-8-4-3-7-14(15)16/h3-9,11-12H,10H2,1-2H3,(H,20,21). The van der Waals surface area contributed by atoms with Crippen molar-refractivity contribution in [1.29, 1.82) is 0 Å². The monoisotopic (exact) mass is 326 g/mol. The van der Waals surface area contributed by atoms with E-state index >= 15 is 0 Å². The van der Waals surface area contributed by atoms with Crippen LogP contribution in [-0.2, 0) is 6.54 Å². The lowest BCUT2D eigenvalue weighted by Crippen LogP contribution is -2.23. The number of carbonyl (C=O) groups is 1. The Balaban J connectivity index is 1.75. The van der Waals surface area contributed by atoms with Crippen LogP contribution in [0.25, 0.3) is 10.1 Å². The molecule has 4 nitrogen and oxygen atoms in total. The van der Waals surface area contributed by atoms with E-state index in [-0.39, 0.29) is 12.0 Å². The van der Waals surface area contributed by atoms with Crippen LogP contribution in [0, 0.1) is 0 Å². The van der Waals surface area contributed by atoms with E-state index in [1.54, 1.807) is 17.5 Å². The van der Waals surface area contributed by atoms with E-state index in [4.69, 9.17) is 4.74 Å². The fourth-order valence-corrected chi connectivity index (χ4v) is 3.25. The number of benzene rings is 1. The topological polar surface area (TPSA) is 51.2 Å². The number of aromatic nitrogens is 1. The molecule has 2 aromatic heterocycles. The zero-order valence-electron chi connectivity index (χ0n) is 13.1. The molecule has 1 amide bonds. The smallest absolute Gasteiger partial charge is 0.253 e. The normalized spacial score (nSPS) is 10.9. The predicted octanol–water partition coefficient (Wildman–Crippen LogP) is 4.01. The van der Waals surface area contributed by atoms with Crippen LogP contribution in [0.1, 0.15) is 29.8 Å². The van der Waals surface area contributed by atoms with Gasteiger partial charge in [-0.15, -0.1) is 11.3 Å². The van der Waals surface area contributed by atoms with E-state index in [1.165, 1.54) is 0 Å². The lowest BCUT2D eigenvalue weighted by molar-refractivity contribution is 0.0952. The minimum atomic E-state index is -0.0817. The number of ether oxygens (including phenoxy) is 1. The highest BCUT2D eigenvalue weighted by Gasteiger charge is 2.13. The van der Waals surface area contributed by atoms with Gasteiger partial charge in [0, 0.05) is 33.8 Å². The Kier molecular flexibility index (Phi) is 4.57. The Labute approximate surface area is 139 Å².